The van der Waals surface area contributed by atoms with Crippen molar-refractivity contribution in [2.24, 2.45) is 5.92 Å². The third-order valence-corrected chi connectivity index (χ3v) is 2.08. The number of ether oxygens (including phenoxy) is 1. The van der Waals surface area contributed by atoms with Gasteiger partial charge in [0.05, 0.1) is 12.4 Å². The van der Waals surface area contributed by atoms with Gasteiger partial charge in [0.15, 0.2) is 0 Å². The zero-order valence-corrected chi connectivity index (χ0v) is 13.4. The van der Waals surface area contributed by atoms with E-state index in [1.807, 2.05) is 0 Å². The summed E-state index contributed by atoms with van der Waals surface area (Å²) in [5, 5.41) is 0. The maximum atomic E-state index is 10.7. The molecule has 0 rings (SSSR count). The van der Waals surface area contributed by atoms with Crippen LogP contribution in [0.15, 0.2) is 0 Å². The fourth-order valence-corrected chi connectivity index (χ4v) is 1.15. The molecule has 0 aromatic heterocycles. The van der Waals surface area contributed by atoms with Gasteiger partial charge in [0.25, 0.3) is 0 Å². The van der Waals surface area contributed by atoms with Crippen molar-refractivity contribution in [1.29, 1.82) is 0 Å². The van der Waals surface area contributed by atoms with E-state index in [4.69, 9.17) is 4.74 Å². The molecule has 0 saturated heterocycles. The van der Waals surface area contributed by atoms with Crippen LogP contribution in [0.2, 0.25) is 0 Å². The summed E-state index contributed by atoms with van der Waals surface area (Å²) in [4.78, 5) is 10.7. The molecule has 0 fully saturated rings. The number of hydrogen-bond acceptors (Lipinski definition) is 3. The van der Waals surface area contributed by atoms with E-state index in [0.29, 0.717) is 6.61 Å². The van der Waals surface area contributed by atoms with Gasteiger partial charge in [0.2, 0.25) is 0 Å². The van der Waals surface area contributed by atoms with E-state index >= 15 is 0 Å². The van der Waals surface area contributed by atoms with E-state index in [9.17, 15) is 4.79 Å². The Labute approximate surface area is 112 Å². The quantitative estimate of drug-likeness (QED) is 0.300. The van der Waals surface area contributed by atoms with Crippen LogP contribution in [0.25, 0.3) is 0 Å². The second-order valence-electron chi connectivity index (χ2n) is 3.62. The molecule has 2 nitrogen and oxygen atoms in total. The first-order valence-corrected chi connectivity index (χ1v) is 5.56. The van der Waals surface area contributed by atoms with Crippen LogP contribution in [0.5, 0.6) is 0 Å². The molecule has 0 N–H and O–H groups in total. The van der Waals surface area contributed by atoms with Gasteiger partial charge in [-0.25, -0.2) is 0 Å². The molecule has 0 aromatic rings. The van der Waals surface area contributed by atoms with Gasteiger partial charge >= 0.3 is 5.97 Å². The number of unbranched alkanes of at least 4 members (excludes halogenated alkanes) is 2. The standard InChI is InChI=1S/C10H20O2S.Bi/c1-9(2)6-4-3-5-7-12-10(11)8-13;/h9,13H,3-8H2,1-2H3;. The number of carbonyl (C=O) groups excluding carboxylic acids is 1. The summed E-state index contributed by atoms with van der Waals surface area (Å²) >= 11 is 3.81. The first-order valence-electron chi connectivity index (χ1n) is 4.93. The van der Waals surface area contributed by atoms with Crippen LogP contribution in [0, 0.1) is 5.92 Å². The van der Waals surface area contributed by atoms with Crippen LogP contribution in [0.4, 0.5) is 0 Å². The summed E-state index contributed by atoms with van der Waals surface area (Å²) in [6, 6.07) is 0. The molecular weight excluding hydrogens is 393 g/mol. The SMILES string of the molecule is CC(C)CCCCCOC(=O)CS.[Bi]. The molecule has 0 aliphatic carbocycles. The number of hydrogen-bond donors (Lipinski definition) is 1. The predicted molar refractivity (Wildman–Crippen MR) is 63.9 cm³/mol. The molecule has 0 spiro atoms. The van der Waals surface area contributed by atoms with Crippen molar-refractivity contribution in [3.8, 4) is 0 Å². The smallest absolute Gasteiger partial charge is 0.315 e. The third-order valence-electron chi connectivity index (χ3n) is 1.82. The summed E-state index contributed by atoms with van der Waals surface area (Å²) in [5.41, 5.74) is 0. The molecular formula is C10H20BiO2S. The minimum atomic E-state index is -0.216. The Hall–Kier alpha value is 0.703. The normalized spacial score (nSPS) is 9.71. The average Bonchev–Trinajstić information content (AvgIpc) is 2.10. The van der Waals surface area contributed by atoms with Gasteiger partial charge in [0.1, 0.15) is 0 Å². The summed E-state index contributed by atoms with van der Waals surface area (Å²) < 4.78 is 4.88. The minimum absolute atomic E-state index is 0. The Balaban J connectivity index is 0. The first-order chi connectivity index (χ1) is 6.16. The van der Waals surface area contributed by atoms with Crippen LogP contribution < -0.4 is 0 Å². The van der Waals surface area contributed by atoms with Crippen LogP contribution >= 0.6 is 12.6 Å². The molecule has 0 aliphatic heterocycles. The van der Waals surface area contributed by atoms with E-state index in [-0.39, 0.29) is 37.9 Å². The summed E-state index contributed by atoms with van der Waals surface area (Å²) in [6.45, 7) is 5.00. The van der Waals surface area contributed by atoms with Gasteiger partial charge in [-0.2, -0.15) is 12.6 Å². The van der Waals surface area contributed by atoms with E-state index in [1.54, 1.807) is 0 Å². The Bertz CT molecular complexity index is 140. The maximum absolute atomic E-state index is 10.7. The molecule has 0 aliphatic rings. The number of esters is 1. The van der Waals surface area contributed by atoms with Crippen LogP contribution in [0.1, 0.15) is 39.5 Å². The Morgan fingerprint density at radius 2 is 1.93 bits per heavy atom. The van der Waals surface area contributed by atoms with Crippen LogP contribution in [-0.2, 0) is 9.53 Å². The summed E-state index contributed by atoms with van der Waals surface area (Å²) in [5.74, 6) is 0.749. The van der Waals surface area contributed by atoms with E-state index in [1.165, 1.54) is 12.8 Å². The van der Waals surface area contributed by atoms with E-state index in [2.05, 4.69) is 26.5 Å². The van der Waals surface area contributed by atoms with Gasteiger partial charge in [0, 0.05) is 26.2 Å². The van der Waals surface area contributed by atoms with Gasteiger partial charge in [-0.1, -0.05) is 33.1 Å². The molecule has 14 heavy (non-hydrogen) atoms. The van der Waals surface area contributed by atoms with Gasteiger partial charge in [-0.3, -0.25) is 4.79 Å². The zero-order chi connectivity index (χ0) is 10.1. The van der Waals surface area contributed by atoms with Gasteiger partial charge in [-0.15, -0.1) is 0 Å². The molecule has 0 aromatic carbocycles. The van der Waals surface area contributed by atoms with Crippen molar-refractivity contribution >= 4 is 44.8 Å². The van der Waals surface area contributed by atoms with E-state index < -0.39 is 0 Å². The number of thiol groups is 1. The fourth-order valence-electron chi connectivity index (χ4n) is 1.06. The Morgan fingerprint density at radius 1 is 1.29 bits per heavy atom. The summed E-state index contributed by atoms with van der Waals surface area (Å²) in [7, 11) is 0. The van der Waals surface area contributed by atoms with Crippen molar-refractivity contribution in [2.45, 2.75) is 39.5 Å². The zero-order valence-electron chi connectivity index (χ0n) is 9.03. The fraction of sp³-hybridized carbons (Fsp3) is 0.900. The second kappa shape index (κ2) is 11.8. The molecule has 83 valence electrons. The monoisotopic (exact) mass is 413 g/mol. The van der Waals surface area contributed by atoms with Gasteiger partial charge in [-0.05, 0) is 12.3 Å². The average molecular weight is 413 g/mol. The topological polar surface area (TPSA) is 26.3 Å². The van der Waals surface area contributed by atoms with Crippen molar-refractivity contribution < 1.29 is 9.53 Å². The second-order valence-corrected chi connectivity index (χ2v) is 3.94. The van der Waals surface area contributed by atoms with E-state index in [0.717, 1.165) is 18.8 Å². The predicted octanol–water partition coefficient (Wildman–Crippen LogP) is 2.30. The van der Waals surface area contributed by atoms with Crippen molar-refractivity contribution in [1.82, 2.24) is 0 Å². The molecule has 4 heteroatoms. The maximum Gasteiger partial charge on any atom is 0.315 e. The van der Waals surface area contributed by atoms with Crippen molar-refractivity contribution in [3.63, 3.8) is 0 Å². The molecule has 0 saturated carbocycles. The minimum Gasteiger partial charge on any atom is -0.465 e. The molecule has 0 bridgehead atoms. The molecule has 3 radical (unpaired) electrons. The third kappa shape index (κ3) is 12.7. The molecule has 0 unspecified atom stereocenters. The Kier molecular flexibility index (Phi) is 14.4. The van der Waals surface area contributed by atoms with Gasteiger partial charge < -0.3 is 4.74 Å². The molecule has 0 atom stereocenters. The van der Waals surface area contributed by atoms with Crippen LogP contribution in [-0.4, -0.2) is 44.5 Å². The Morgan fingerprint density at radius 3 is 2.43 bits per heavy atom. The molecule has 0 amide bonds. The number of rotatable bonds is 7. The number of carbonyl (C=O) groups is 1. The van der Waals surface area contributed by atoms with Crippen molar-refractivity contribution in [2.75, 3.05) is 12.4 Å². The first kappa shape index (κ1) is 17.1. The van der Waals surface area contributed by atoms with Crippen LogP contribution in [0.3, 0.4) is 0 Å². The largest absolute Gasteiger partial charge is 0.465 e. The molecule has 0 heterocycles. The van der Waals surface area contributed by atoms with Crippen molar-refractivity contribution in [3.05, 3.63) is 0 Å². The summed E-state index contributed by atoms with van der Waals surface area (Å²) in [6.07, 6.45) is 4.63.